The zero-order valence-electron chi connectivity index (χ0n) is 29.2. The van der Waals surface area contributed by atoms with Gasteiger partial charge >= 0.3 is 11.6 Å². The average Bonchev–Trinajstić information content (AvgIpc) is 3.43. The maximum atomic E-state index is 13.7. The van der Waals surface area contributed by atoms with Crippen molar-refractivity contribution < 1.29 is 28.3 Å². The van der Waals surface area contributed by atoms with E-state index in [-0.39, 0.29) is 23.6 Å². The van der Waals surface area contributed by atoms with Crippen LogP contribution in [-0.4, -0.2) is 50.8 Å². The first-order valence-corrected chi connectivity index (χ1v) is 18.6. The fourth-order valence-corrected chi connectivity index (χ4v) is 8.15. The number of carbonyl (C=O) groups excluding carboxylic acids is 3. The predicted molar refractivity (Wildman–Crippen MR) is 205 cm³/mol. The molecule has 2 aliphatic heterocycles. The van der Waals surface area contributed by atoms with Crippen molar-refractivity contribution in [1.82, 2.24) is 10.6 Å². The first kappa shape index (κ1) is 34.7. The average molecular weight is 772 g/mol. The molecule has 3 aliphatic rings. The van der Waals surface area contributed by atoms with E-state index in [2.05, 4.69) is 45.3 Å². The van der Waals surface area contributed by atoms with Crippen LogP contribution in [0.4, 0.5) is 5.69 Å². The molecule has 1 aliphatic carbocycles. The van der Waals surface area contributed by atoms with Gasteiger partial charge in [0, 0.05) is 69.0 Å². The summed E-state index contributed by atoms with van der Waals surface area (Å²) in [6, 6.07) is 22.6. The highest BCUT2D eigenvalue weighted by atomic mass is 79.9. The first-order chi connectivity index (χ1) is 25.6. The van der Waals surface area contributed by atoms with Gasteiger partial charge in [0.2, 0.25) is 0 Å². The van der Waals surface area contributed by atoms with Crippen molar-refractivity contribution in [2.24, 2.45) is 0 Å². The van der Waals surface area contributed by atoms with Crippen LogP contribution in [0, 0.1) is 0 Å². The molecular weight excluding hydrogens is 737 g/mol. The Morgan fingerprint density at radius 1 is 0.811 bits per heavy atom. The largest absolute Gasteiger partial charge is 0.456 e. The molecule has 5 aromatic rings. The second-order valence-electron chi connectivity index (χ2n) is 13.7. The van der Waals surface area contributed by atoms with Crippen LogP contribution in [0.25, 0.3) is 11.0 Å². The highest BCUT2D eigenvalue weighted by Crippen LogP contribution is 2.56. The normalized spacial score (nSPS) is 19.8. The summed E-state index contributed by atoms with van der Waals surface area (Å²) in [7, 11) is 6.11. The van der Waals surface area contributed by atoms with Crippen LogP contribution < -0.4 is 31.4 Å². The maximum Gasteiger partial charge on any atom is 0.349 e. The summed E-state index contributed by atoms with van der Waals surface area (Å²) in [6.07, 6.45) is 2.49. The number of nitrogens with one attached hydrogen (secondary N) is 2. The van der Waals surface area contributed by atoms with Gasteiger partial charge in [0.05, 0.1) is 5.56 Å². The summed E-state index contributed by atoms with van der Waals surface area (Å²) >= 11 is 3.51. The van der Waals surface area contributed by atoms with Crippen molar-refractivity contribution >= 4 is 63.7 Å². The molecule has 0 saturated heterocycles. The molecule has 266 valence electrons. The van der Waals surface area contributed by atoms with Crippen molar-refractivity contribution in [1.29, 1.82) is 0 Å². The van der Waals surface area contributed by atoms with Crippen LogP contribution in [-0.2, 0) is 10.3 Å². The van der Waals surface area contributed by atoms with Crippen LogP contribution in [0.15, 0.2) is 92.5 Å². The number of carbonyl (C=O) groups is 3. The van der Waals surface area contributed by atoms with Gasteiger partial charge < -0.3 is 29.4 Å². The Hall–Kier alpha value is -5.36. The van der Waals surface area contributed by atoms with E-state index >= 15 is 0 Å². The van der Waals surface area contributed by atoms with E-state index in [9.17, 15) is 19.2 Å². The van der Waals surface area contributed by atoms with Gasteiger partial charge in [0.15, 0.2) is 5.60 Å². The highest BCUT2D eigenvalue weighted by molar-refractivity contribution is 9.10. The lowest BCUT2D eigenvalue weighted by Gasteiger charge is -2.37. The lowest BCUT2D eigenvalue weighted by molar-refractivity contribution is 0.0224. The van der Waals surface area contributed by atoms with Gasteiger partial charge in [-0.05, 0) is 100 Å². The Labute approximate surface area is 315 Å². The minimum absolute atomic E-state index is 0.0359. The molecule has 0 bridgehead atoms. The molecule has 1 atom stereocenters. The maximum absolute atomic E-state index is 13.7. The highest BCUT2D eigenvalue weighted by Gasteiger charge is 2.53. The number of ether oxygens (including phenoxy) is 2. The quantitative estimate of drug-likeness (QED) is 0.113. The Morgan fingerprint density at radius 2 is 1.49 bits per heavy atom. The van der Waals surface area contributed by atoms with Crippen molar-refractivity contribution in [3.63, 3.8) is 0 Å². The number of amides is 2. The number of esters is 1. The molecule has 1 aromatic heterocycles. The number of halogens is 1. The number of hydrogen-bond acceptors (Lipinski definition) is 8. The summed E-state index contributed by atoms with van der Waals surface area (Å²) < 4.78 is 18.8. The molecule has 3 heterocycles. The van der Waals surface area contributed by atoms with Gasteiger partial charge in [-0.3, -0.25) is 9.59 Å². The summed E-state index contributed by atoms with van der Waals surface area (Å²) in [5.41, 5.74) is 2.35. The molecule has 2 N–H and O–H groups in total. The van der Waals surface area contributed by atoms with E-state index < -0.39 is 23.1 Å². The van der Waals surface area contributed by atoms with E-state index in [4.69, 9.17) is 21.7 Å². The van der Waals surface area contributed by atoms with E-state index in [1.54, 1.807) is 42.5 Å². The third-order valence-electron chi connectivity index (χ3n) is 10.5. The summed E-state index contributed by atoms with van der Waals surface area (Å²) in [6.45, 7) is 5.76. The number of nitrogens with zero attached hydrogens (tertiary/aromatic N) is 1. The topological polar surface area (TPSA) is 127 Å². The number of anilines is 1. The summed E-state index contributed by atoms with van der Waals surface area (Å²) in [5.74, 6) is -0.301. The Balaban J connectivity index is 0.966. The second kappa shape index (κ2) is 13.6. The zero-order valence-corrected chi connectivity index (χ0v) is 30.7. The molecule has 12 heteroatoms. The smallest absolute Gasteiger partial charge is 0.349 e. The van der Waals surface area contributed by atoms with Gasteiger partial charge in [-0.1, -0.05) is 33.5 Å². The predicted octanol–water partition coefficient (Wildman–Crippen LogP) is 6.23. The molecule has 2 amide bonds. The van der Waals surface area contributed by atoms with Crippen molar-refractivity contribution in [3.05, 3.63) is 127 Å². The van der Waals surface area contributed by atoms with Gasteiger partial charge in [-0.2, -0.15) is 0 Å². The number of fused-ring (bicyclic) bond motifs is 7. The summed E-state index contributed by atoms with van der Waals surface area (Å²) in [4.78, 5) is 55.3. The molecule has 8 rings (SSSR count). The standard InChI is InChI=1S/C41H35BBrN3O7/c1-3-46(4-2)28-13-5-22-17-30(39(49)52-34(22)21-28)38(48)45-27-11-9-26(10-12-27)44-37(47)23-6-14-29-33(18-23)41(53-40(29)50)31-15-7-24(42)19-35(31)51-36-20-25(43)8-16-32(36)41/h5-8,13-21,26-27H,3-4,9-12H2,1-2H3,(H,44,47)(H,45,48). The third kappa shape index (κ3) is 6.08. The third-order valence-corrected chi connectivity index (χ3v) is 11.0. The number of rotatable bonds is 7. The van der Waals surface area contributed by atoms with Gasteiger partial charge in [0.1, 0.15) is 30.5 Å². The van der Waals surface area contributed by atoms with E-state index in [1.807, 2.05) is 36.4 Å². The van der Waals surface area contributed by atoms with Crippen molar-refractivity contribution in [2.75, 3.05) is 18.0 Å². The molecule has 1 fully saturated rings. The lowest BCUT2D eigenvalue weighted by atomic mass is 9.76. The van der Waals surface area contributed by atoms with Gasteiger partial charge in [-0.25, -0.2) is 9.59 Å². The molecule has 53 heavy (non-hydrogen) atoms. The van der Waals surface area contributed by atoms with Crippen molar-refractivity contribution in [3.8, 4) is 11.5 Å². The van der Waals surface area contributed by atoms with Crippen LogP contribution in [0.5, 0.6) is 11.5 Å². The molecule has 4 aromatic carbocycles. The van der Waals surface area contributed by atoms with E-state index in [0.717, 1.165) is 23.2 Å². The molecule has 1 unspecified atom stereocenters. The minimum atomic E-state index is -1.34. The molecular formula is C41H35BBrN3O7. The van der Waals surface area contributed by atoms with E-state index in [0.29, 0.717) is 81.4 Å². The van der Waals surface area contributed by atoms with Gasteiger partial charge in [0.25, 0.3) is 11.8 Å². The van der Waals surface area contributed by atoms with Crippen LogP contribution >= 0.6 is 15.9 Å². The van der Waals surface area contributed by atoms with Crippen LogP contribution in [0.2, 0.25) is 0 Å². The van der Waals surface area contributed by atoms with E-state index in [1.165, 1.54) is 0 Å². The van der Waals surface area contributed by atoms with Gasteiger partial charge in [-0.15, -0.1) is 0 Å². The zero-order chi connectivity index (χ0) is 37.0. The molecule has 1 saturated carbocycles. The van der Waals surface area contributed by atoms with Crippen LogP contribution in [0.1, 0.15) is 87.3 Å². The SMILES string of the molecule is [B]c1ccc2c(c1)Oc1cc(Br)ccc1C21OC(=O)c2ccc(C(=O)NC3CCC(NC(=O)c4cc5ccc(N(CC)CC)cc5oc4=O)CC3)cc21. The molecule has 1 spiro atoms. The van der Waals surface area contributed by atoms with Crippen LogP contribution in [0.3, 0.4) is 0 Å². The molecule has 2 radical (unpaired) electrons. The summed E-state index contributed by atoms with van der Waals surface area (Å²) in [5, 5.41) is 6.81. The number of hydrogen-bond donors (Lipinski definition) is 2. The second-order valence-corrected chi connectivity index (χ2v) is 14.6. The minimum Gasteiger partial charge on any atom is -0.456 e. The fourth-order valence-electron chi connectivity index (χ4n) is 7.81. The Morgan fingerprint density at radius 3 is 2.21 bits per heavy atom. The Bertz CT molecular complexity index is 2330. The Kier molecular flexibility index (Phi) is 8.88. The number of benzene rings is 4. The molecule has 10 nitrogen and oxygen atoms in total. The first-order valence-electron chi connectivity index (χ1n) is 17.8. The monoisotopic (exact) mass is 771 g/mol. The van der Waals surface area contributed by atoms with Crippen molar-refractivity contribution in [2.45, 2.75) is 57.2 Å². The lowest BCUT2D eigenvalue weighted by Crippen LogP contribution is -2.44. The fraction of sp³-hybridized carbons (Fsp3) is 0.268.